The van der Waals surface area contributed by atoms with Crippen LogP contribution in [0.1, 0.15) is 29.8 Å². The number of aromatic nitrogens is 1. The van der Waals surface area contributed by atoms with Crippen molar-refractivity contribution < 1.29 is 9.59 Å². The molecule has 0 aliphatic carbocycles. The number of carbonyl (C=O) groups excluding carboxylic acids is 2. The number of benzene rings is 1. The third kappa shape index (κ3) is 4.73. The zero-order valence-corrected chi connectivity index (χ0v) is 17.8. The number of amides is 2. The predicted octanol–water partition coefficient (Wildman–Crippen LogP) is 1.90. The molecule has 2 fully saturated rings. The number of nitrogens with one attached hydrogen (secondary N) is 2. The summed E-state index contributed by atoms with van der Waals surface area (Å²) in [6.45, 7) is 4.21. The molecule has 0 saturated carbocycles. The Balaban J connectivity index is 1.46. The minimum atomic E-state index is -0.234. The Bertz CT molecular complexity index is 899. The van der Waals surface area contributed by atoms with Crippen LogP contribution in [0.5, 0.6) is 0 Å². The van der Waals surface area contributed by atoms with Gasteiger partial charge in [0.05, 0.1) is 17.9 Å². The lowest BCUT2D eigenvalue weighted by Gasteiger charge is -2.35. The maximum Gasteiger partial charge on any atom is 0.275 e. The van der Waals surface area contributed by atoms with Crippen LogP contribution in [-0.4, -0.2) is 56.1 Å². The Hall–Kier alpha value is -2.65. The molecule has 4 N–H and O–H groups in total. The second kappa shape index (κ2) is 9.44. The van der Waals surface area contributed by atoms with Gasteiger partial charge in [-0.25, -0.2) is 4.98 Å². The number of piperidine rings is 1. The third-order valence-corrected chi connectivity index (χ3v) is 6.52. The van der Waals surface area contributed by atoms with E-state index in [-0.39, 0.29) is 18.4 Å². The molecule has 8 nitrogen and oxygen atoms in total. The summed E-state index contributed by atoms with van der Waals surface area (Å²) in [5.41, 5.74) is 7.96. The van der Waals surface area contributed by atoms with Crippen molar-refractivity contribution in [3.8, 4) is 0 Å². The number of hydrogen-bond donors (Lipinski definition) is 3. The lowest BCUT2D eigenvalue weighted by molar-refractivity contribution is -0.120. The summed E-state index contributed by atoms with van der Waals surface area (Å²) in [4.78, 5) is 33.2. The first kappa shape index (κ1) is 20.6. The summed E-state index contributed by atoms with van der Waals surface area (Å²) < 4.78 is 0. The number of nitrogens with two attached hydrogens (primary N) is 1. The summed E-state index contributed by atoms with van der Waals surface area (Å²) in [7, 11) is 0. The maximum atomic E-state index is 12.9. The molecule has 1 aromatic carbocycles. The number of rotatable bonds is 6. The molecular formula is C21H28N6O2S. The number of nitrogens with zero attached hydrogens (tertiary/aromatic N) is 3. The molecular weight excluding hydrogens is 400 g/mol. The molecule has 0 bridgehead atoms. The molecule has 0 radical (unpaired) electrons. The Labute approximate surface area is 180 Å². The van der Waals surface area contributed by atoms with Crippen molar-refractivity contribution in [1.82, 2.24) is 10.3 Å². The van der Waals surface area contributed by atoms with Crippen molar-refractivity contribution in [3.05, 3.63) is 35.3 Å². The van der Waals surface area contributed by atoms with Crippen LogP contribution in [-0.2, 0) is 4.79 Å². The predicted molar refractivity (Wildman–Crippen MR) is 120 cm³/mol. The molecule has 160 valence electrons. The fourth-order valence-corrected chi connectivity index (χ4v) is 4.95. The monoisotopic (exact) mass is 428 g/mol. The van der Waals surface area contributed by atoms with Gasteiger partial charge < -0.3 is 26.2 Å². The highest BCUT2D eigenvalue weighted by Gasteiger charge is 2.23. The normalized spacial score (nSPS) is 19.5. The first-order valence-corrected chi connectivity index (χ1v) is 11.3. The molecule has 30 heavy (non-hydrogen) atoms. The molecule has 1 aromatic heterocycles. The molecule has 0 spiro atoms. The zero-order valence-electron chi connectivity index (χ0n) is 17.0. The van der Waals surface area contributed by atoms with Gasteiger partial charge in [-0.3, -0.25) is 9.59 Å². The van der Waals surface area contributed by atoms with E-state index in [9.17, 15) is 9.59 Å². The van der Waals surface area contributed by atoms with Gasteiger partial charge in [-0.05, 0) is 43.9 Å². The van der Waals surface area contributed by atoms with Crippen LogP contribution in [0.25, 0.3) is 0 Å². The Kier molecular flexibility index (Phi) is 6.49. The van der Waals surface area contributed by atoms with Gasteiger partial charge in [0.2, 0.25) is 5.91 Å². The van der Waals surface area contributed by atoms with Gasteiger partial charge in [0.1, 0.15) is 5.69 Å². The maximum absolute atomic E-state index is 12.9. The second-order valence-electron chi connectivity index (χ2n) is 7.79. The molecule has 2 amide bonds. The van der Waals surface area contributed by atoms with Gasteiger partial charge in [-0.15, -0.1) is 11.3 Å². The van der Waals surface area contributed by atoms with Gasteiger partial charge >= 0.3 is 0 Å². The highest BCUT2D eigenvalue weighted by molar-refractivity contribution is 7.14. The highest BCUT2D eigenvalue weighted by atomic mass is 32.1. The Morgan fingerprint density at radius 2 is 2.17 bits per heavy atom. The number of hydrogen-bond acceptors (Lipinski definition) is 7. The quantitative estimate of drug-likeness (QED) is 0.649. The largest absolute Gasteiger partial charge is 0.370 e. The number of para-hydroxylation sites is 2. The van der Waals surface area contributed by atoms with E-state index in [4.69, 9.17) is 5.73 Å². The van der Waals surface area contributed by atoms with E-state index in [1.807, 2.05) is 23.1 Å². The van der Waals surface area contributed by atoms with E-state index < -0.39 is 0 Å². The van der Waals surface area contributed by atoms with Gasteiger partial charge in [0.25, 0.3) is 5.91 Å². The lowest BCUT2D eigenvalue weighted by atomic mass is 9.94. The molecule has 2 aromatic rings. The average molecular weight is 429 g/mol. The van der Waals surface area contributed by atoms with E-state index in [0.29, 0.717) is 36.4 Å². The van der Waals surface area contributed by atoms with Crippen LogP contribution in [0.2, 0.25) is 0 Å². The van der Waals surface area contributed by atoms with E-state index in [0.717, 1.165) is 37.3 Å². The summed E-state index contributed by atoms with van der Waals surface area (Å²) in [5.74, 6) is 0.336. The molecule has 1 atom stereocenters. The van der Waals surface area contributed by atoms with E-state index >= 15 is 0 Å². The summed E-state index contributed by atoms with van der Waals surface area (Å²) in [6, 6.07) is 7.92. The number of carbonyl (C=O) groups is 2. The van der Waals surface area contributed by atoms with Crippen LogP contribution < -0.4 is 26.2 Å². The molecule has 9 heteroatoms. The van der Waals surface area contributed by atoms with Crippen LogP contribution in [0.3, 0.4) is 0 Å². The van der Waals surface area contributed by atoms with Crippen molar-refractivity contribution in [1.29, 1.82) is 0 Å². The number of piperazine rings is 1. The lowest BCUT2D eigenvalue weighted by Crippen LogP contribution is -2.47. The van der Waals surface area contributed by atoms with Crippen molar-refractivity contribution in [2.45, 2.75) is 19.3 Å². The van der Waals surface area contributed by atoms with Crippen molar-refractivity contribution in [2.75, 3.05) is 54.4 Å². The zero-order chi connectivity index (χ0) is 20.9. The van der Waals surface area contributed by atoms with Crippen LogP contribution in [0.4, 0.5) is 16.5 Å². The van der Waals surface area contributed by atoms with Gasteiger partial charge in [0.15, 0.2) is 5.13 Å². The standard InChI is InChI=1S/C21H28N6O2S/c22-8-7-15-4-3-10-26(12-15)18-6-2-1-5-16(18)24-20(29)17-14-30-21(25-17)27-11-9-23-19(28)13-27/h1-2,5-6,14-15H,3-4,7-13,22H2,(H,23,28)(H,24,29). The summed E-state index contributed by atoms with van der Waals surface area (Å²) >= 11 is 1.39. The average Bonchev–Trinajstić information content (AvgIpc) is 3.25. The van der Waals surface area contributed by atoms with Gasteiger partial charge in [-0.1, -0.05) is 12.1 Å². The van der Waals surface area contributed by atoms with Crippen LogP contribution >= 0.6 is 11.3 Å². The summed E-state index contributed by atoms with van der Waals surface area (Å²) in [6.07, 6.45) is 3.37. The fraction of sp³-hybridized carbons (Fsp3) is 0.476. The van der Waals surface area contributed by atoms with Crippen LogP contribution in [0.15, 0.2) is 29.6 Å². The van der Waals surface area contributed by atoms with Crippen molar-refractivity contribution in [3.63, 3.8) is 0 Å². The molecule has 3 heterocycles. The van der Waals surface area contributed by atoms with E-state index in [1.54, 1.807) is 5.38 Å². The van der Waals surface area contributed by atoms with Crippen molar-refractivity contribution >= 4 is 39.7 Å². The van der Waals surface area contributed by atoms with Gasteiger partial charge in [-0.2, -0.15) is 0 Å². The molecule has 1 unspecified atom stereocenters. The molecule has 2 saturated heterocycles. The topological polar surface area (TPSA) is 104 Å². The highest BCUT2D eigenvalue weighted by Crippen LogP contribution is 2.31. The molecule has 2 aliphatic rings. The minimum Gasteiger partial charge on any atom is -0.370 e. The fourth-order valence-electron chi connectivity index (χ4n) is 4.11. The smallest absolute Gasteiger partial charge is 0.275 e. The number of thiazole rings is 1. The third-order valence-electron chi connectivity index (χ3n) is 5.62. The van der Waals surface area contributed by atoms with E-state index in [1.165, 1.54) is 17.8 Å². The first-order valence-electron chi connectivity index (χ1n) is 10.5. The van der Waals surface area contributed by atoms with E-state index in [2.05, 4.69) is 26.6 Å². The Morgan fingerprint density at radius 1 is 1.30 bits per heavy atom. The van der Waals surface area contributed by atoms with Crippen molar-refractivity contribution in [2.24, 2.45) is 11.7 Å². The Morgan fingerprint density at radius 3 is 3.00 bits per heavy atom. The first-order chi connectivity index (χ1) is 14.6. The minimum absolute atomic E-state index is 0.0224. The van der Waals surface area contributed by atoms with Crippen LogP contribution in [0, 0.1) is 5.92 Å². The van der Waals surface area contributed by atoms with Gasteiger partial charge in [0, 0.05) is 31.6 Å². The molecule has 4 rings (SSSR count). The number of anilines is 3. The SMILES string of the molecule is NCCC1CCCN(c2ccccc2NC(=O)c2csc(N3CCNC(=O)C3)n2)C1. The molecule has 2 aliphatic heterocycles. The second-order valence-corrected chi connectivity index (χ2v) is 8.63. The summed E-state index contributed by atoms with van der Waals surface area (Å²) in [5, 5.41) is 8.28.